The van der Waals surface area contributed by atoms with E-state index in [0.29, 0.717) is 0 Å². The maximum Gasteiger partial charge on any atom is 0.0784 e. The lowest BCUT2D eigenvalue weighted by Gasteiger charge is -2.34. The van der Waals surface area contributed by atoms with Crippen LogP contribution >= 0.6 is 0 Å². The smallest absolute Gasteiger partial charge is 0.0784 e. The van der Waals surface area contributed by atoms with E-state index in [-0.39, 0.29) is 0 Å². The van der Waals surface area contributed by atoms with Gasteiger partial charge in [-0.25, -0.2) is 0 Å². The van der Waals surface area contributed by atoms with Gasteiger partial charge >= 0.3 is 0 Å². The lowest BCUT2D eigenvalue weighted by atomic mass is 10.1. The summed E-state index contributed by atoms with van der Waals surface area (Å²) in [6.45, 7) is 11.2. The first kappa shape index (κ1) is 21.0. The molecule has 0 fully saturated rings. The molecular weight excluding hydrogens is 254 g/mol. The molecule has 0 rings (SSSR count). The summed E-state index contributed by atoms with van der Waals surface area (Å²) in [5, 5.41) is 0. The van der Waals surface area contributed by atoms with Gasteiger partial charge < -0.3 is 4.48 Å². The van der Waals surface area contributed by atoms with E-state index in [0.717, 1.165) is 0 Å². The van der Waals surface area contributed by atoms with Gasteiger partial charge in [0.25, 0.3) is 0 Å². The van der Waals surface area contributed by atoms with Gasteiger partial charge in [0.15, 0.2) is 0 Å². The summed E-state index contributed by atoms with van der Waals surface area (Å²) < 4.78 is 1.33. The summed E-state index contributed by atoms with van der Waals surface area (Å²) in [5.74, 6) is 0. The zero-order valence-electron chi connectivity index (χ0n) is 15.8. The van der Waals surface area contributed by atoms with Crippen molar-refractivity contribution in [2.45, 2.75) is 104 Å². The van der Waals surface area contributed by atoms with Crippen molar-refractivity contribution in [1.29, 1.82) is 0 Å². The largest absolute Gasteiger partial charge is 0.326 e. The van der Waals surface area contributed by atoms with Crippen molar-refractivity contribution in [1.82, 2.24) is 0 Å². The fourth-order valence-corrected chi connectivity index (χ4v) is 3.42. The number of hydrogen-bond acceptors (Lipinski definition) is 0. The minimum atomic E-state index is 1.33. The monoisotopic (exact) mass is 298 g/mol. The van der Waals surface area contributed by atoms with E-state index < -0.39 is 0 Å². The van der Waals surface area contributed by atoms with Gasteiger partial charge in [-0.2, -0.15) is 0 Å². The van der Waals surface area contributed by atoms with Gasteiger partial charge in [0, 0.05) is 0 Å². The zero-order valence-corrected chi connectivity index (χ0v) is 15.8. The van der Waals surface area contributed by atoms with E-state index >= 15 is 0 Å². The first-order valence-electron chi connectivity index (χ1n) is 10.0. The Morgan fingerprint density at radius 2 is 0.810 bits per heavy atom. The lowest BCUT2D eigenvalue weighted by Crippen LogP contribution is -2.46. The average molecular weight is 299 g/mol. The zero-order chi connectivity index (χ0) is 15.8. The van der Waals surface area contributed by atoms with Crippen molar-refractivity contribution in [3.8, 4) is 0 Å². The molecule has 21 heavy (non-hydrogen) atoms. The molecule has 0 atom stereocenters. The third-order valence-electron chi connectivity index (χ3n) is 4.87. The summed E-state index contributed by atoms with van der Waals surface area (Å²) in [5.41, 5.74) is 0. The highest BCUT2D eigenvalue weighted by molar-refractivity contribution is 4.48. The standard InChI is InChI=1S/C20H44N/c1-5-8-10-12-14-16-19-21(4,18-7-3)20-17-15-13-11-9-6-2/h5-20H2,1-4H3/q+1. The fraction of sp³-hybridized carbons (Fsp3) is 1.00. The Hall–Kier alpha value is -0.0400. The Morgan fingerprint density at radius 1 is 0.429 bits per heavy atom. The molecule has 0 unspecified atom stereocenters. The molecule has 0 spiro atoms. The van der Waals surface area contributed by atoms with E-state index in [1.54, 1.807) is 0 Å². The first-order chi connectivity index (χ1) is 10.2. The molecule has 0 aromatic carbocycles. The predicted octanol–water partition coefficient (Wildman–Crippen LogP) is 6.56. The van der Waals surface area contributed by atoms with Crippen LogP contribution in [0.1, 0.15) is 104 Å². The van der Waals surface area contributed by atoms with Gasteiger partial charge in [-0.15, -0.1) is 0 Å². The van der Waals surface area contributed by atoms with Crippen LogP contribution in [-0.2, 0) is 0 Å². The molecule has 0 saturated heterocycles. The van der Waals surface area contributed by atoms with Crippen LogP contribution in [0.5, 0.6) is 0 Å². The Morgan fingerprint density at radius 3 is 1.19 bits per heavy atom. The molecule has 0 aliphatic rings. The van der Waals surface area contributed by atoms with Crippen LogP contribution in [0.3, 0.4) is 0 Å². The summed E-state index contributed by atoms with van der Waals surface area (Å²) in [7, 11) is 2.50. The van der Waals surface area contributed by atoms with Gasteiger partial charge in [0.2, 0.25) is 0 Å². The molecule has 0 radical (unpaired) electrons. The number of quaternary nitrogens is 1. The number of rotatable bonds is 16. The molecule has 0 aromatic rings. The maximum absolute atomic E-state index is 2.50. The molecule has 1 heteroatoms. The SMILES string of the molecule is CCCCCCCC[N+](C)(CCC)CCCCCCCC. The molecule has 0 aromatic heterocycles. The highest BCUT2D eigenvalue weighted by atomic mass is 15.3. The minimum Gasteiger partial charge on any atom is -0.326 e. The van der Waals surface area contributed by atoms with Crippen molar-refractivity contribution < 1.29 is 4.48 Å². The summed E-state index contributed by atoms with van der Waals surface area (Å²) in [6, 6.07) is 0. The van der Waals surface area contributed by atoms with Crippen LogP contribution in [0.15, 0.2) is 0 Å². The van der Waals surface area contributed by atoms with Gasteiger partial charge in [0.1, 0.15) is 0 Å². The second-order valence-electron chi connectivity index (χ2n) is 7.33. The Bertz CT molecular complexity index is 184. The normalized spacial score (nSPS) is 12.0. The van der Waals surface area contributed by atoms with E-state index in [4.69, 9.17) is 0 Å². The third-order valence-corrected chi connectivity index (χ3v) is 4.87. The van der Waals surface area contributed by atoms with E-state index in [1.165, 1.54) is 108 Å². The molecular formula is C20H44N+. The molecule has 0 aliphatic carbocycles. The number of unbranched alkanes of at least 4 members (excludes halogenated alkanes) is 10. The number of nitrogens with zero attached hydrogens (tertiary/aromatic N) is 1. The van der Waals surface area contributed by atoms with Crippen LogP contribution < -0.4 is 0 Å². The topological polar surface area (TPSA) is 0 Å². The average Bonchev–Trinajstić information content (AvgIpc) is 2.47. The van der Waals surface area contributed by atoms with Crippen molar-refractivity contribution in [2.75, 3.05) is 26.7 Å². The van der Waals surface area contributed by atoms with E-state index in [9.17, 15) is 0 Å². The molecule has 0 heterocycles. The van der Waals surface area contributed by atoms with E-state index in [1.807, 2.05) is 0 Å². The van der Waals surface area contributed by atoms with Crippen LogP contribution in [0.25, 0.3) is 0 Å². The van der Waals surface area contributed by atoms with Crippen molar-refractivity contribution in [3.05, 3.63) is 0 Å². The lowest BCUT2D eigenvalue weighted by molar-refractivity contribution is -0.910. The van der Waals surface area contributed by atoms with Crippen LogP contribution in [0, 0.1) is 0 Å². The van der Waals surface area contributed by atoms with Crippen molar-refractivity contribution in [3.63, 3.8) is 0 Å². The van der Waals surface area contributed by atoms with Crippen LogP contribution in [0.4, 0.5) is 0 Å². The Labute approximate surface area is 136 Å². The molecule has 0 amide bonds. The van der Waals surface area contributed by atoms with Crippen molar-refractivity contribution >= 4 is 0 Å². The first-order valence-corrected chi connectivity index (χ1v) is 10.0. The Balaban J connectivity index is 3.73. The molecule has 0 aliphatic heterocycles. The van der Waals surface area contributed by atoms with Gasteiger partial charge in [-0.3, -0.25) is 0 Å². The summed E-state index contributed by atoms with van der Waals surface area (Å²) in [4.78, 5) is 0. The molecule has 0 saturated carbocycles. The van der Waals surface area contributed by atoms with E-state index in [2.05, 4.69) is 27.8 Å². The van der Waals surface area contributed by atoms with Crippen molar-refractivity contribution in [2.24, 2.45) is 0 Å². The molecule has 128 valence electrons. The predicted molar refractivity (Wildman–Crippen MR) is 97.8 cm³/mol. The minimum absolute atomic E-state index is 1.33. The number of hydrogen-bond donors (Lipinski definition) is 0. The van der Waals surface area contributed by atoms with Gasteiger partial charge in [-0.1, -0.05) is 72.1 Å². The quantitative estimate of drug-likeness (QED) is 0.223. The molecule has 0 bridgehead atoms. The van der Waals surface area contributed by atoms with Gasteiger partial charge in [0.05, 0.1) is 26.7 Å². The fourth-order valence-electron chi connectivity index (χ4n) is 3.42. The molecule has 0 N–H and O–H groups in total. The molecule has 1 nitrogen and oxygen atoms in total. The van der Waals surface area contributed by atoms with Gasteiger partial charge in [-0.05, 0) is 32.1 Å². The Kier molecular flexibility index (Phi) is 14.9. The highest BCUT2D eigenvalue weighted by Crippen LogP contribution is 2.14. The maximum atomic E-state index is 2.50. The van der Waals surface area contributed by atoms with Crippen LogP contribution in [0.2, 0.25) is 0 Å². The van der Waals surface area contributed by atoms with Crippen LogP contribution in [-0.4, -0.2) is 31.2 Å². The second kappa shape index (κ2) is 14.9. The summed E-state index contributed by atoms with van der Waals surface area (Å²) >= 11 is 0. The highest BCUT2D eigenvalue weighted by Gasteiger charge is 2.19. The summed E-state index contributed by atoms with van der Waals surface area (Å²) in [6.07, 6.45) is 18.5. The second-order valence-corrected chi connectivity index (χ2v) is 7.33. The third kappa shape index (κ3) is 13.4.